The van der Waals surface area contributed by atoms with E-state index in [4.69, 9.17) is 33.2 Å². The monoisotopic (exact) mass is 463 g/mol. The molecule has 4 nitrogen and oxygen atoms in total. The molecule has 0 unspecified atom stereocenters. The van der Waals surface area contributed by atoms with Crippen LogP contribution in [0.15, 0.2) is 52.4 Å². The average molecular weight is 464 g/mol. The van der Waals surface area contributed by atoms with E-state index in [2.05, 4.69) is 5.32 Å². The van der Waals surface area contributed by atoms with Gasteiger partial charge in [-0.1, -0.05) is 53.5 Å². The van der Waals surface area contributed by atoms with Crippen molar-refractivity contribution in [2.24, 2.45) is 9.98 Å². The Hall–Kier alpha value is -1.89. The first-order valence-electron chi connectivity index (χ1n) is 9.78. The third-order valence-electron chi connectivity index (χ3n) is 5.15. The van der Waals surface area contributed by atoms with Crippen molar-refractivity contribution in [3.63, 3.8) is 0 Å². The number of halogens is 3. The van der Waals surface area contributed by atoms with Gasteiger partial charge in [0.25, 0.3) is 0 Å². The van der Waals surface area contributed by atoms with Gasteiger partial charge in [-0.05, 0) is 56.0 Å². The highest BCUT2D eigenvalue weighted by Gasteiger charge is 2.37. The first kappa shape index (κ1) is 21.3. The van der Waals surface area contributed by atoms with Gasteiger partial charge in [0.1, 0.15) is 10.9 Å². The maximum atomic E-state index is 13.3. The quantitative estimate of drug-likeness (QED) is 0.572. The molecular weight excluding hydrogens is 444 g/mol. The van der Waals surface area contributed by atoms with E-state index in [1.807, 2.05) is 24.3 Å². The number of anilines is 1. The van der Waals surface area contributed by atoms with Gasteiger partial charge in [0.05, 0.1) is 16.5 Å². The second kappa shape index (κ2) is 9.08. The number of hydrogen-bond donors (Lipinski definition) is 1. The highest BCUT2D eigenvalue weighted by molar-refractivity contribution is 8.16. The van der Waals surface area contributed by atoms with Crippen LogP contribution < -0.4 is 5.32 Å². The van der Waals surface area contributed by atoms with E-state index in [0.717, 1.165) is 42.0 Å². The minimum absolute atomic E-state index is 0.0305. The number of carbonyl (C=O) groups is 1. The number of thioether (sulfide) groups is 1. The molecule has 1 aliphatic heterocycles. The summed E-state index contributed by atoms with van der Waals surface area (Å²) < 4.78 is 13.3. The maximum Gasteiger partial charge on any atom is 0.234 e. The molecule has 0 saturated heterocycles. The number of benzene rings is 2. The summed E-state index contributed by atoms with van der Waals surface area (Å²) in [4.78, 5) is 22.4. The minimum atomic E-state index is -0.522. The number of nitrogens with one attached hydrogen (secondary N) is 1. The molecule has 2 aromatic carbocycles. The van der Waals surface area contributed by atoms with Gasteiger partial charge in [0, 0.05) is 16.3 Å². The Morgan fingerprint density at radius 1 is 1.07 bits per heavy atom. The Labute approximate surface area is 189 Å². The Morgan fingerprint density at radius 2 is 1.80 bits per heavy atom. The zero-order valence-electron chi connectivity index (χ0n) is 16.1. The summed E-state index contributed by atoms with van der Waals surface area (Å²) >= 11 is 13.2. The molecule has 156 valence electrons. The molecule has 1 heterocycles. The molecular formula is C22H20Cl2FN3OS. The Morgan fingerprint density at radius 3 is 2.50 bits per heavy atom. The fraction of sp³-hybridized carbons (Fsp3) is 0.318. The van der Waals surface area contributed by atoms with Crippen LogP contribution in [0.4, 0.5) is 10.1 Å². The molecule has 1 fully saturated rings. The van der Waals surface area contributed by atoms with Gasteiger partial charge >= 0.3 is 0 Å². The molecule has 0 radical (unpaired) electrons. The number of amides is 1. The van der Waals surface area contributed by atoms with Crippen LogP contribution in [0, 0.1) is 5.82 Å². The van der Waals surface area contributed by atoms with Crippen molar-refractivity contribution in [3.8, 4) is 0 Å². The second-order valence-corrected chi connectivity index (χ2v) is 9.20. The lowest BCUT2D eigenvalue weighted by atomic mass is 9.90. The average Bonchev–Trinajstić information content (AvgIpc) is 3.08. The van der Waals surface area contributed by atoms with Crippen LogP contribution in [-0.4, -0.2) is 28.1 Å². The third kappa shape index (κ3) is 4.88. The number of hydrogen-bond acceptors (Lipinski definition) is 4. The lowest BCUT2D eigenvalue weighted by molar-refractivity contribution is -0.113. The predicted molar refractivity (Wildman–Crippen MR) is 124 cm³/mol. The van der Waals surface area contributed by atoms with Gasteiger partial charge in [-0.15, -0.1) is 0 Å². The van der Waals surface area contributed by atoms with Gasteiger partial charge in [-0.25, -0.2) is 9.38 Å². The molecule has 30 heavy (non-hydrogen) atoms. The molecule has 0 bridgehead atoms. The van der Waals surface area contributed by atoms with Crippen molar-refractivity contribution in [1.29, 1.82) is 0 Å². The normalized spacial score (nSPS) is 17.6. The van der Waals surface area contributed by atoms with Gasteiger partial charge < -0.3 is 5.32 Å². The summed E-state index contributed by atoms with van der Waals surface area (Å²) in [5.41, 5.74) is 1.81. The van der Waals surface area contributed by atoms with Crippen molar-refractivity contribution in [1.82, 2.24) is 0 Å². The molecule has 2 aliphatic rings. The van der Waals surface area contributed by atoms with E-state index in [0.29, 0.717) is 10.7 Å². The SMILES string of the molecule is O=C(CSC1=NC2(CCCCC2)N=C1c1ccc(Cl)cc1)Nc1ccc(F)c(Cl)c1. The van der Waals surface area contributed by atoms with Crippen LogP contribution >= 0.6 is 35.0 Å². The molecule has 0 atom stereocenters. The van der Waals surface area contributed by atoms with E-state index < -0.39 is 11.5 Å². The topological polar surface area (TPSA) is 53.8 Å². The van der Waals surface area contributed by atoms with Crippen molar-refractivity contribution >= 4 is 57.3 Å². The summed E-state index contributed by atoms with van der Waals surface area (Å²) in [5, 5.41) is 4.14. The van der Waals surface area contributed by atoms with E-state index in [1.165, 1.54) is 36.4 Å². The molecule has 8 heteroatoms. The van der Waals surface area contributed by atoms with Crippen molar-refractivity contribution in [2.75, 3.05) is 11.1 Å². The first-order valence-corrected chi connectivity index (χ1v) is 11.5. The first-order chi connectivity index (χ1) is 14.4. The van der Waals surface area contributed by atoms with Gasteiger partial charge in [-0.2, -0.15) is 0 Å². The highest BCUT2D eigenvalue weighted by atomic mass is 35.5. The third-order valence-corrected chi connectivity index (χ3v) is 6.65. The predicted octanol–water partition coefficient (Wildman–Crippen LogP) is 6.37. The van der Waals surface area contributed by atoms with Gasteiger partial charge in [-0.3, -0.25) is 9.79 Å². The Bertz CT molecular complexity index is 1020. The van der Waals surface area contributed by atoms with Crippen molar-refractivity contribution in [2.45, 2.75) is 37.8 Å². The number of carbonyl (C=O) groups excluding carboxylic acids is 1. The Balaban J connectivity index is 1.49. The summed E-state index contributed by atoms with van der Waals surface area (Å²) in [6, 6.07) is 11.6. The van der Waals surface area contributed by atoms with Crippen LogP contribution in [0.1, 0.15) is 37.7 Å². The standard InChI is InChI=1S/C22H20Cl2FN3OS/c23-15-6-4-14(5-7-15)20-21(28-22(27-20)10-2-1-3-11-22)30-13-19(29)26-16-8-9-18(25)17(24)12-16/h4-9,12H,1-3,10-11,13H2,(H,26,29). The van der Waals surface area contributed by atoms with Gasteiger partial charge in [0.15, 0.2) is 5.66 Å². The fourth-order valence-electron chi connectivity index (χ4n) is 3.67. The van der Waals surface area contributed by atoms with E-state index in [-0.39, 0.29) is 16.7 Å². The minimum Gasteiger partial charge on any atom is -0.325 e. The zero-order chi connectivity index (χ0) is 21.1. The summed E-state index contributed by atoms with van der Waals surface area (Å²) in [7, 11) is 0. The highest BCUT2D eigenvalue weighted by Crippen LogP contribution is 2.38. The molecule has 2 aromatic rings. The summed E-state index contributed by atoms with van der Waals surface area (Å²) in [6.45, 7) is 0. The summed E-state index contributed by atoms with van der Waals surface area (Å²) in [6.07, 6.45) is 5.26. The van der Waals surface area contributed by atoms with Crippen LogP contribution in [-0.2, 0) is 4.79 Å². The second-order valence-electron chi connectivity index (χ2n) is 7.39. The van der Waals surface area contributed by atoms with Crippen LogP contribution in [0.5, 0.6) is 0 Å². The number of nitrogens with zero attached hydrogens (tertiary/aromatic N) is 2. The zero-order valence-corrected chi connectivity index (χ0v) is 18.5. The van der Waals surface area contributed by atoms with E-state index in [9.17, 15) is 9.18 Å². The van der Waals surface area contributed by atoms with E-state index in [1.54, 1.807) is 0 Å². The number of aliphatic imine (C=N–C) groups is 2. The molecule has 1 spiro atoms. The molecule has 1 amide bonds. The van der Waals surface area contributed by atoms with Crippen LogP contribution in [0.3, 0.4) is 0 Å². The van der Waals surface area contributed by atoms with Crippen LogP contribution in [0.2, 0.25) is 10.0 Å². The van der Waals surface area contributed by atoms with Crippen molar-refractivity contribution < 1.29 is 9.18 Å². The number of rotatable bonds is 4. The maximum absolute atomic E-state index is 13.3. The van der Waals surface area contributed by atoms with Crippen molar-refractivity contribution in [3.05, 3.63) is 63.9 Å². The molecule has 1 N–H and O–H groups in total. The molecule has 4 rings (SSSR count). The van der Waals surface area contributed by atoms with Crippen LogP contribution in [0.25, 0.3) is 0 Å². The van der Waals surface area contributed by atoms with E-state index >= 15 is 0 Å². The summed E-state index contributed by atoms with van der Waals surface area (Å²) in [5.74, 6) is -0.576. The largest absolute Gasteiger partial charge is 0.325 e. The lowest BCUT2D eigenvalue weighted by Gasteiger charge is -2.27. The molecule has 1 aliphatic carbocycles. The fourth-order valence-corrected chi connectivity index (χ4v) is 4.85. The molecule has 0 aromatic heterocycles. The Kier molecular flexibility index (Phi) is 6.46. The lowest BCUT2D eigenvalue weighted by Crippen LogP contribution is -2.25. The molecule has 1 saturated carbocycles. The smallest absolute Gasteiger partial charge is 0.234 e. The van der Waals surface area contributed by atoms with Gasteiger partial charge in [0.2, 0.25) is 5.91 Å².